The summed E-state index contributed by atoms with van der Waals surface area (Å²) in [5.74, 6) is 1.81. The van der Waals surface area contributed by atoms with Crippen LogP contribution in [-0.4, -0.2) is 28.0 Å². The lowest BCUT2D eigenvalue weighted by atomic mass is 10.2. The summed E-state index contributed by atoms with van der Waals surface area (Å²) >= 11 is 5.69. The molecule has 3 aromatic rings. The van der Waals surface area contributed by atoms with Crippen LogP contribution in [0.3, 0.4) is 0 Å². The van der Waals surface area contributed by atoms with E-state index in [2.05, 4.69) is 55.5 Å². The van der Waals surface area contributed by atoms with Crippen LogP contribution >= 0.6 is 12.2 Å². The van der Waals surface area contributed by atoms with Gasteiger partial charge in [0.05, 0.1) is 13.7 Å². The molecule has 5 nitrogen and oxygen atoms in total. The minimum Gasteiger partial charge on any atom is -0.494 e. The standard InChI is InChI=1S/C21H26N4OS/c1-5-26-20-12-8-18(9-13-20)14-23(4)15-24-21(27)25(17(3)22-24)19-10-6-16(2)7-11-19/h6-13H,5,14-15H2,1-4H3/p+1. The first-order valence-electron chi connectivity index (χ1n) is 9.24. The third-order valence-corrected chi connectivity index (χ3v) is 4.85. The van der Waals surface area contributed by atoms with Gasteiger partial charge in [-0.15, -0.1) is 0 Å². The molecule has 0 fully saturated rings. The number of hydrogen-bond acceptors (Lipinski definition) is 3. The third-order valence-electron chi connectivity index (χ3n) is 4.45. The third kappa shape index (κ3) is 4.64. The van der Waals surface area contributed by atoms with E-state index in [0.717, 1.165) is 28.6 Å². The second-order valence-corrected chi connectivity index (χ2v) is 7.23. The van der Waals surface area contributed by atoms with Gasteiger partial charge in [-0.25, -0.2) is 0 Å². The minimum atomic E-state index is 0.686. The van der Waals surface area contributed by atoms with Crippen LogP contribution in [0.25, 0.3) is 5.69 Å². The van der Waals surface area contributed by atoms with Crippen molar-refractivity contribution >= 4 is 12.2 Å². The molecule has 2 aromatic carbocycles. The zero-order valence-electron chi connectivity index (χ0n) is 16.4. The van der Waals surface area contributed by atoms with Crippen molar-refractivity contribution in [2.75, 3.05) is 13.7 Å². The second kappa shape index (κ2) is 8.50. The number of quaternary nitrogens is 1. The van der Waals surface area contributed by atoms with Gasteiger partial charge >= 0.3 is 0 Å². The van der Waals surface area contributed by atoms with Crippen LogP contribution in [0, 0.1) is 18.6 Å². The lowest BCUT2D eigenvalue weighted by Gasteiger charge is -2.14. The molecule has 0 aliphatic rings. The molecule has 1 N–H and O–H groups in total. The highest BCUT2D eigenvalue weighted by molar-refractivity contribution is 7.71. The Balaban J connectivity index is 1.73. The van der Waals surface area contributed by atoms with Crippen molar-refractivity contribution in [3.05, 3.63) is 70.3 Å². The van der Waals surface area contributed by atoms with E-state index in [0.29, 0.717) is 13.3 Å². The van der Waals surface area contributed by atoms with Gasteiger partial charge in [0, 0.05) is 11.3 Å². The lowest BCUT2D eigenvalue weighted by Crippen LogP contribution is -3.07. The van der Waals surface area contributed by atoms with Crippen molar-refractivity contribution in [3.63, 3.8) is 0 Å². The van der Waals surface area contributed by atoms with E-state index in [1.54, 1.807) is 0 Å². The lowest BCUT2D eigenvalue weighted by molar-refractivity contribution is -0.917. The van der Waals surface area contributed by atoms with E-state index < -0.39 is 0 Å². The molecule has 0 radical (unpaired) electrons. The average molecular weight is 384 g/mol. The molecule has 1 heterocycles. The molecule has 0 saturated heterocycles. The van der Waals surface area contributed by atoms with Gasteiger partial charge in [-0.2, -0.15) is 9.78 Å². The summed E-state index contributed by atoms with van der Waals surface area (Å²) in [4.78, 5) is 1.31. The highest BCUT2D eigenvalue weighted by Gasteiger charge is 2.12. The maximum absolute atomic E-state index is 5.69. The Morgan fingerprint density at radius 2 is 1.70 bits per heavy atom. The van der Waals surface area contributed by atoms with Crippen molar-refractivity contribution in [2.24, 2.45) is 0 Å². The molecule has 0 bridgehead atoms. The van der Waals surface area contributed by atoms with Gasteiger partial charge in [0.25, 0.3) is 0 Å². The first kappa shape index (κ1) is 19.3. The molecule has 27 heavy (non-hydrogen) atoms. The molecule has 142 valence electrons. The smallest absolute Gasteiger partial charge is 0.207 e. The zero-order valence-corrected chi connectivity index (χ0v) is 17.2. The van der Waals surface area contributed by atoms with E-state index in [1.807, 2.05) is 35.2 Å². The monoisotopic (exact) mass is 383 g/mol. The van der Waals surface area contributed by atoms with Gasteiger partial charge in [0.2, 0.25) is 4.77 Å². The van der Waals surface area contributed by atoms with E-state index in [1.165, 1.54) is 16.0 Å². The van der Waals surface area contributed by atoms with Gasteiger partial charge in [0.15, 0.2) is 6.67 Å². The van der Waals surface area contributed by atoms with Crippen LogP contribution in [0.2, 0.25) is 0 Å². The Hall–Kier alpha value is -2.44. The van der Waals surface area contributed by atoms with Gasteiger partial charge in [-0.05, 0) is 69.4 Å². The number of nitrogens with one attached hydrogen (secondary N) is 1. The maximum Gasteiger partial charge on any atom is 0.207 e. The molecule has 0 amide bonds. The summed E-state index contributed by atoms with van der Waals surface area (Å²) in [7, 11) is 2.15. The predicted molar refractivity (Wildman–Crippen MR) is 110 cm³/mol. The van der Waals surface area contributed by atoms with Crippen LogP contribution in [0.5, 0.6) is 5.75 Å². The number of aromatic nitrogens is 3. The fourth-order valence-electron chi connectivity index (χ4n) is 3.14. The molecular formula is C21H27N4OS+. The Kier molecular flexibility index (Phi) is 6.08. The second-order valence-electron chi connectivity index (χ2n) is 6.87. The Bertz CT molecular complexity index is 942. The van der Waals surface area contributed by atoms with Crippen molar-refractivity contribution in [1.82, 2.24) is 14.3 Å². The number of nitrogens with zero attached hydrogens (tertiary/aromatic N) is 3. The average Bonchev–Trinajstić information content (AvgIpc) is 2.91. The van der Waals surface area contributed by atoms with Crippen molar-refractivity contribution in [3.8, 4) is 11.4 Å². The molecule has 1 aromatic heterocycles. The van der Waals surface area contributed by atoms with Gasteiger partial charge in [-0.1, -0.05) is 17.7 Å². The van der Waals surface area contributed by atoms with Crippen LogP contribution in [0.1, 0.15) is 23.9 Å². The molecule has 6 heteroatoms. The SMILES string of the molecule is CCOc1ccc(C[NH+](C)Cn2nc(C)n(-c3ccc(C)cc3)c2=S)cc1. The van der Waals surface area contributed by atoms with Gasteiger partial charge in [-0.3, -0.25) is 4.57 Å². The molecule has 0 saturated carbocycles. The zero-order chi connectivity index (χ0) is 19.4. The summed E-state index contributed by atoms with van der Waals surface area (Å²) in [6.45, 7) is 8.36. The molecule has 1 atom stereocenters. The number of ether oxygens (including phenoxy) is 1. The largest absolute Gasteiger partial charge is 0.494 e. The minimum absolute atomic E-state index is 0.686. The van der Waals surface area contributed by atoms with E-state index >= 15 is 0 Å². The Labute approximate surface area is 165 Å². The first-order valence-corrected chi connectivity index (χ1v) is 9.65. The van der Waals surface area contributed by atoms with Gasteiger partial charge < -0.3 is 9.64 Å². The Morgan fingerprint density at radius 1 is 1.04 bits per heavy atom. The van der Waals surface area contributed by atoms with Crippen LogP contribution < -0.4 is 9.64 Å². The van der Waals surface area contributed by atoms with E-state index in [-0.39, 0.29) is 0 Å². The van der Waals surface area contributed by atoms with Crippen molar-refractivity contribution < 1.29 is 9.64 Å². The van der Waals surface area contributed by atoms with Crippen LogP contribution in [0.15, 0.2) is 48.5 Å². The Morgan fingerprint density at radius 3 is 2.33 bits per heavy atom. The predicted octanol–water partition coefficient (Wildman–Crippen LogP) is 3.09. The molecule has 1 unspecified atom stereocenters. The number of rotatable bonds is 7. The molecule has 3 rings (SSSR count). The fourth-order valence-corrected chi connectivity index (χ4v) is 3.48. The van der Waals surface area contributed by atoms with E-state index in [9.17, 15) is 0 Å². The maximum atomic E-state index is 5.69. The summed E-state index contributed by atoms with van der Waals surface area (Å²) in [6.07, 6.45) is 0. The topological polar surface area (TPSA) is 36.4 Å². The molecule has 0 spiro atoms. The van der Waals surface area contributed by atoms with Crippen LogP contribution in [0.4, 0.5) is 0 Å². The van der Waals surface area contributed by atoms with E-state index in [4.69, 9.17) is 17.0 Å². The number of benzene rings is 2. The summed E-state index contributed by atoms with van der Waals surface area (Å²) in [6, 6.07) is 16.6. The molecule has 0 aliphatic carbocycles. The summed E-state index contributed by atoms with van der Waals surface area (Å²) in [5, 5.41) is 4.66. The molecular weight excluding hydrogens is 356 g/mol. The molecule has 0 aliphatic heterocycles. The highest BCUT2D eigenvalue weighted by Crippen LogP contribution is 2.13. The summed E-state index contributed by atoms with van der Waals surface area (Å²) in [5.41, 5.74) is 3.55. The van der Waals surface area contributed by atoms with Crippen molar-refractivity contribution in [1.29, 1.82) is 0 Å². The number of hydrogen-bond donors (Lipinski definition) is 1. The van der Waals surface area contributed by atoms with Crippen LogP contribution in [-0.2, 0) is 13.2 Å². The fraction of sp³-hybridized carbons (Fsp3) is 0.333. The quantitative estimate of drug-likeness (QED) is 0.637. The summed E-state index contributed by atoms with van der Waals surface area (Å²) < 4.78 is 10.2. The highest BCUT2D eigenvalue weighted by atomic mass is 32.1. The number of aryl methyl sites for hydroxylation is 2. The van der Waals surface area contributed by atoms with Gasteiger partial charge in [0.1, 0.15) is 18.1 Å². The normalized spacial score (nSPS) is 12.1. The van der Waals surface area contributed by atoms with Crippen molar-refractivity contribution in [2.45, 2.75) is 34.0 Å². The first-order chi connectivity index (χ1) is 13.0.